The number of H-pyrrole nitrogens is 1. The molecule has 3 N–H and O–H groups in total. The van der Waals surface area contributed by atoms with E-state index in [0.29, 0.717) is 6.54 Å². The molecule has 0 aliphatic carbocycles. The van der Waals surface area contributed by atoms with E-state index in [-0.39, 0.29) is 6.04 Å². The number of rotatable bonds is 4. The van der Waals surface area contributed by atoms with Crippen molar-refractivity contribution in [2.45, 2.75) is 13.0 Å². The molecule has 1 unspecified atom stereocenters. The third-order valence-electron chi connectivity index (χ3n) is 3.43. The Labute approximate surface area is 108 Å². The number of hydrogen-bond donors (Lipinski definition) is 2. The Kier molecular flexibility index (Phi) is 3.59. The van der Waals surface area contributed by atoms with Crippen molar-refractivity contribution in [3.8, 4) is 5.75 Å². The number of nitrogens with zero attached hydrogens (tertiary/aromatic N) is 1. The molecule has 0 amide bonds. The minimum Gasteiger partial charge on any atom is -0.495 e. The molecule has 4 heteroatoms. The Morgan fingerprint density at radius 2 is 2.11 bits per heavy atom. The lowest BCUT2D eigenvalue weighted by molar-refractivity contribution is 0.307. The highest BCUT2D eigenvalue weighted by Gasteiger charge is 2.20. The molecule has 1 atom stereocenters. The molecule has 18 heavy (non-hydrogen) atoms. The standard InChI is InChI=1S/C14H21N3O/c1-9-13(11(8-15)17(2)3)10-6-5-7-12(18-4)14(10)16-9/h5-7,11,16H,8,15H2,1-4H3. The summed E-state index contributed by atoms with van der Waals surface area (Å²) >= 11 is 0. The van der Waals surface area contributed by atoms with Crippen LogP contribution in [0.2, 0.25) is 0 Å². The van der Waals surface area contributed by atoms with Gasteiger partial charge in [0.2, 0.25) is 0 Å². The molecular weight excluding hydrogens is 226 g/mol. The summed E-state index contributed by atoms with van der Waals surface area (Å²) in [4.78, 5) is 5.56. The zero-order valence-electron chi connectivity index (χ0n) is 11.4. The fourth-order valence-electron chi connectivity index (χ4n) is 2.53. The number of nitrogens with two attached hydrogens (primary N) is 1. The molecular formula is C14H21N3O. The molecule has 1 heterocycles. The topological polar surface area (TPSA) is 54.3 Å². The van der Waals surface area contributed by atoms with E-state index in [1.807, 2.05) is 12.1 Å². The number of aryl methyl sites for hydroxylation is 1. The predicted molar refractivity (Wildman–Crippen MR) is 75.1 cm³/mol. The highest BCUT2D eigenvalue weighted by atomic mass is 16.5. The summed E-state index contributed by atoms with van der Waals surface area (Å²) in [6, 6.07) is 6.31. The van der Waals surface area contributed by atoms with E-state index < -0.39 is 0 Å². The maximum Gasteiger partial charge on any atom is 0.142 e. The fraction of sp³-hybridized carbons (Fsp3) is 0.429. The molecule has 0 bridgehead atoms. The van der Waals surface area contributed by atoms with Crippen molar-refractivity contribution >= 4 is 10.9 Å². The van der Waals surface area contributed by atoms with Gasteiger partial charge in [-0.05, 0) is 32.6 Å². The van der Waals surface area contributed by atoms with Gasteiger partial charge in [0.05, 0.1) is 12.6 Å². The van der Waals surface area contributed by atoms with E-state index >= 15 is 0 Å². The average Bonchev–Trinajstić information content (AvgIpc) is 2.67. The number of ether oxygens (including phenoxy) is 1. The third-order valence-corrected chi connectivity index (χ3v) is 3.43. The third kappa shape index (κ3) is 1.98. The Balaban J connectivity index is 2.67. The SMILES string of the molecule is COc1cccc2c(C(CN)N(C)C)c(C)[nH]c12. The number of aromatic amines is 1. The van der Waals surface area contributed by atoms with Crippen molar-refractivity contribution in [3.63, 3.8) is 0 Å². The van der Waals surface area contributed by atoms with Crippen LogP contribution < -0.4 is 10.5 Å². The van der Waals surface area contributed by atoms with Gasteiger partial charge in [0.25, 0.3) is 0 Å². The van der Waals surface area contributed by atoms with Gasteiger partial charge in [0, 0.05) is 23.7 Å². The van der Waals surface area contributed by atoms with Gasteiger partial charge in [-0.3, -0.25) is 0 Å². The quantitative estimate of drug-likeness (QED) is 0.869. The molecule has 2 rings (SSSR count). The first kappa shape index (κ1) is 12.9. The predicted octanol–water partition coefficient (Wildman–Crippen LogP) is 2.05. The summed E-state index contributed by atoms with van der Waals surface area (Å²) < 4.78 is 5.39. The maximum atomic E-state index is 5.91. The minimum absolute atomic E-state index is 0.214. The molecule has 0 saturated heterocycles. The first-order valence-electron chi connectivity index (χ1n) is 6.11. The zero-order chi connectivity index (χ0) is 13.3. The Bertz CT molecular complexity index is 545. The van der Waals surface area contributed by atoms with Crippen LogP contribution in [0.1, 0.15) is 17.3 Å². The number of hydrogen-bond acceptors (Lipinski definition) is 3. The number of likely N-dealkylation sites (N-methyl/N-ethyl adjacent to an activating group) is 1. The van der Waals surface area contributed by atoms with Crippen LogP contribution in [-0.2, 0) is 0 Å². The van der Waals surface area contributed by atoms with Crippen LogP contribution in [0.3, 0.4) is 0 Å². The molecule has 4 nitrogen and oxygen atoms in total. The summed E-state index contributed by atoms with van der Waals surface area (Å²) in [6.07, 6.45) is 0. The van der Waals surface area contributed by atoms with Gasteiger partial charge in [-0.15, -0.1) is 0 Å². The van der Waals surface area contributed by atoms with Crippen molar-refractivity contribution in [1.82, 2.24) is 9.88 Å². The van der Waals surface area contributed by atoms with Crippen molar-refractivity contribution < 1.29 is 4.74 Å². The summed E-state index contributed by atoms with van der Waals surface area (Å²) in [5.41, 5.74) is 9.37. The smallest absolute Gasteiger partial charge is 0.142 e. The molecule has 0 radical (unpaired) electrons. The van der Waals surface area contributed by atoms with Crippen molar-refractivity contribution in [1.29, 1.82) is 0 Å². The minimum atomic E-state index is 0.214. The number of aromatic nitrogens is 1. The molecule has 0 saturated carbocycles. The molecule has 0 spiro atoms. The Hall–Kier alpha value is -1.52. The van der Waals surface area contributed by atoms with Gasteiger partial charge >= 0.3 is 0 Å². The number of para-hydroxylation sites is 1. The van der Waals surface area contributed by atoms with E-state index in [9.17, 15) is 0 Å². The van der Waals surface area contributed by atoms with E-state index in [1.54, 1.807) is 7.11 Å². The highest BCUT2D eigenvalue weighted by Crippen LogP contribution is 2.34. The zero-order valence-corrected chi connectivity index (χ0v) is 11.4. The number of nitrogens with one attached hydrogen (secondary N) is 1. The van der Waals surface area contributed by atoms with Gasteiger partial charge in [0.1, 0.15) is 5.75 Å². The molecule has 2 aromatic rings. The second kappa shape index (κ2) is 5.00. The molecule has 0 aliphatic rings. The normalized spacial score (nSPS) is 13.2. The lowest BCUT2D eigenvalue weighted by Crippen LogP contribution is -2.27. The molecule has 1 aromatic heterocycles. The summed E-state index contributed by atoms with van der Waals surface area (Å²) in [7, 11) is 5.79. The van der Waals surface area contributed by atoms with Gasteiger partial charge < -0.3 is 20.4 Å². The fourth-order valence-corrected chi connectivity index (χ4v) is 2.53. The van der Waals surface area contributed by atoms with Crippen LogP contribution in [0.25, 0.3) is 10.9 Å². The second-order valence-electron chi connectivity index (χ2n) is 4.76. The highest BCUT2D eigenvalue weighted by molar-refractivity contribution is 5.90. The van der Waals surface area contributed by atoms with Gasteiger partial charge in [-0.2, -0.15) is 0 Å². The number of methoxy groups -OCH3 is 1. The van der Waals surface area contributed by atoms with Crippen LogP contribution in [0.15, 0.2) is 18.2 Å². The first-order valence-corrected chi connectivity index (χ1v) is 6.11. The first-order chi connectivity index (χ1) is 8.60. The van der Waals surface area contributed by atoms with E-state index in [4.69, 9.17) is 10.5 Å². The largest absolute Gasteiger partial charge is 0.495 e. The summed E-state index contributed by atoms with van der Waals surface area (Å²) in [6.45, 7) is 2.68. The lowest BCUT2D eigenvalue weighted by Gasteiger charge is -2.23. The van der Waals surface area contributed by atoms with Crippen LogP contribution >= 0.6 is 0 Å². The summed E-state index contributed by atoms with van der Waals surface area (Å²) in [5, 5.41) is 1.19. The number of fused-ring (bicyclic) bond motifs is 1. The molecule has 0 aliphatic heterocycles. The molecule has 98 valence electrons. The average molecular weight is 247 g/mol. The van der Waals surface area contributed by atoms with Crippen LogP contribution in [-0.4, -0.2) is 37.6 Å². The monoisotopic (exact) mass is 247 g/mol. The van der Waals surface area contributed by atoms with Crippen LogP contribution in [0, 0.1) is 6.92 Å². The van der Waals surface area contributed by atoms with Gasteiger partial charge in [-0.1, -0.05) is 12.1 Å². The lowest BCUT2D eigenvalue weighted by atomic mass is 10.0. The molecule has 0 fully saturated rings. The summed E-state index contributed by atoms with van der Waals surface area (Å²) in [5.74, 6) is 0.872. The molecule has 1 aromatic carbocycles. The van der Waals surface area contributed by atoms with Crippen molar-refractivity contribution in [2.24, 2.45) is 5.73 Å². The van der Waals surface area contributed by atoms with Crippen LogP contribution in [0.5, 0.6) is 5.75 Å². The van der Waals surface area contributed by atoms with E-state index in [2.05, 4.69) is 37.0 Å². The van der Waals surface area contributed by atoms with Crippen molar-refractivity contribution in [3.05, 3.63) is 29.5 Å². The Morgan fingerprint density at radius 3 is 2.67 bits per heavy atom. The van der Waals surface area contributed by atoms with Crippen molar-refractivity contribution in [2.75, 3.05) is 27.7 Å². The van der Waals surface area contributed by atoms with Gasteiger partial charge in [-0.25, -0.2) is 0 Å². The van der Waals surface area contributed by atoms with E-state index in [1.165, 1.54) is 10.9 Å². The number of benzene rings is 1. The second-order valence-corrected chi connectivity index (χ2v) is 4.76. The Morgan fingerprint density at radius 1 is 1.39 bits per heavy atom. The maximum absolute atomic E-state index is 5.91. The van der Waals surface area contributed by atoms with Gasteiger partial charge in [0.15, 0.2) is 0 Å². The van der Waals surface area contributed by atoms with E-state index in [0.717, 1.165) is 17.0 Å². The van der Waals surface area contributed by atoms with Crippen LogP contribution in [0.4, 0.5) is 0 Å².